The van der Waals surface area contributed by atoms with E-state index in [0.717, 1.165) is 30.5 Å². The van der Waals surface area contributed by atoms with Gasteiger partial charge in [-0.25, -0.2) is 0 Å². The van der Waals surface area contributed by atoms with Crippen LogP contribution in [0.4, 0.5) is 0 Å². The highest BCUT2D eigenvalue weighted by Crippen LogP contribution is 2.61. The molecule has 1 aromatic heterocycles. The lowest BCUT2D eigenvalue weighted by molar-refractivity contribution is -0.149. The monoisotopic (exact) mass is 377 g/mol. The molecule has 0 saturated heterocycles. The molecule has 4 aliphatic carbocycles. The summed E-state index contributed by atoms with van der Waals surface area (Å²) in [5, 5.41) is 3.15. The summed E-state index contributed by atoms with van der Waals surface area (Å²) in [6.07, 6.45) is 5.19. The summed E-state index contributed by atoms with van der Waals surface area (Å²) >= 11 is 0. The van der Waals surface area contributed by atoms with Crippen LogP contribution in [0.25, 0.3) is 11.3 Å². The van der Waals surface area contributed by atoms with Gasteiger partial charge in [0.1, 0.15) is 5.69 Å². The van der Waals surface area contributed by atoms with Crippen LogP contribution < -0.4 is 11.1 Å². The number of aromatic amines is 1. The second-order valence-corrected chi connectivity index (χ2v) is 9.14. The Labute approximate surface area is 165 Å². The Kier molecular flexibility index (Phi) is 4.07. The molecule has 4 bridgehead atoms. The van der Waals surface area contributed by atoms with Crippen molar-refractivity contribution < 1.29 is 9.59 Å². The zero-order chi connectivity index (χ0) is 19.3. The minimum atomic E-state index is -0.263. The molecule has 0 aliphatic heterocycles. The summed E-state index contributed by atoms with van der Waals surface area (Å²) in [4.78, 5) is 28.0. The number of hydrogen-bond acceptors (Lipinski definition) is 2. The van der Waals surface area contributed by atoms with E-state index in [2.05, 4.69) is 10.3 Å². The molecule has 4 saturated carbocycles. The second-order valence-electron chi connectivity index (χ2n) is 9.14. The molecule has 4 aliphatic rings. The number of primary amides is 1. The van der Waals surface area contributed by atoms with Crippen LogP contribution in [0.1, 0.15) is 42.6 Å². The number of amides is 2. The molecule has 6 rings (SSSR count). The van der Waals surface area contributed by atoms with Crippen molar-refractivity contribution in [2.75, 3.05) is 6.54 Å². The highest BCUT2D eigenvalue weighted by atomic mass is 16.2. The van der Waals surface area contributed by atoms with Crippen molar-refractivity contribution in [2.24, 2.45) is 34.8 Å². The summed E-state index contributed by atoms with van der Waals surface area (Å²) in [7, 11) is 0. The Morgan fingerprint density at radius 1 is 1.04 bits per heavy atom. The highest BCUT2D eigenvalue weighted by Gasteiger charge is 2.57. The Balaban J connectivity index is 1.25. The fraction of sp³-hybridized carbons (Fsp3) is 0.478. The van der Waals surface area contributed by atoms with E-state index in [1.54, 1.807) is 0 Å². The lowest BCUT2D eigenvalue weighted by Gasteiger charge is -2.59. The number of carbonyl (C=O) groups is 2. The molecule has 2 unspecified atom stereocenters. The molecule has 2 aromatic rings. The van der Waals surface area contributed by atoms with Gasteiger partial charge in [0.25, 0.3) is 5.91 Å². The summed E-state index contributed by atoms with van der Waals surface area (Å²) in [6, 6.07) is 13.8. The van der Waals surface area contributed by atoms with Gasteiger partial charge in [0.15, 0.2) is 0 Å². The van der Waals surface area contributed by atoms with Crippen LogP contribution in [0, 0.1) is 29.1 Å². The molecule has 0 spiro atoms. The third kappa shape index (κ3) is 2.84. The van der Waals surface area contributed by atoms with Crippen molar-refractivity contribution in [3.8, 4) is 11.3 Å². The smallest absolute Gasteiger partial charge is 0.267 e. The van der Waals surface area contributed by atoms with Crippen molar-refractivity contribution >= 4 is 11.8 Å². The van der Waals surface area contributed by atoms with E-state index in [1.807, 2.05) is 42.5 Å². The molecule has 2 atom stereocenters. The van der Waals surface area contributed by atoms with Crippen molar-refractivity contribution in [1.29, 1.82) is 0 Å². The van der Waals surface area contributed by atoms with Gasteiger partial charge in [-0.05, 0) is 73.5 Å². The maximum Gasteiger partial charge on any atom is 0.267 e. The van der Waals surface area contributed by atoms with Crippen molar-refractivity contribution in [3.63, 3.8) is 0 Å². The number of nitrogens with one attached hydrogen (secondary N) is 2. The fourth-order valence-electron chi connectivity index (χ4n) is 6.38. The Bertz CT molecular complexity index is 888. The predicted molar refractivity (Wildman–Crippen MR) is 107 cm³/mol. The van der Waals surface area contributed by atoms with Gasteiger partial charge in [-0.2, -0.15) is 0 Å². The van der Waals surface area contributed by atoms with E-state index in [4.69, 9.17) is 5.73 Å². The van der Waals surface area contributed by atoms with Gasteiger partial charge >= 0.3 is 0 Å². The number of nitrogens with two attached hydrogens (primary N) is 1. The van der Waals surface area contributed by atoms with Gasteiger partial charge in [-0.15, -0.1) is 0 Å². The molecular formula is C23H27N3O2. The van der Waals surface area contributed by atoms with Crippen LogP contribution in [0.3, 0.4) is 0 Å². The molecule has 2 amide bonds. The Morgan fingerprint density at radius 3 is 2.43 bits per heavy atom. The van der Waals surface area contributed by atoms with E-state index in [1.165, 1.54) is 12.8 Å². The van der Waals surface area contributed by atoms with Crippen LogP contribution in [-0.2, 0) is 4.79 Å². The van der Waals surface area contributed by atoms with Gasteiger partial charge in [-0.1, -0.05) is 30.3 Å². The number of rotatable bonds is 5. The molecule has 5 nitrogen and oxygen atoms in total. The lowest BCUT2D eigenvalue weighted by atomic mass is 9.46. The van der Waals surface area contributed by atoms with Crippen LogP contribution in [0.2, 0.25) is 0 Å². The number of H-pyrrole nitrogens is 1. The highest BCUT2D eigenvalue weighted by molar-refractivity contribution is 5.93. The summed E-state index contributed by atoms with van der Waals surface area (Å²) in [5.74, 6) is 1.99. The van der Waals surface area contributed by atoms with Gasteiger partial charge in [0.2, 0.25) is 5.91 Å². The van der Waals surface area contributed by atoms with Gasteiger partial charge in [0, 0.05) is 17.7 Å². The minimum absolute atomic E-state index is 0.0550. The zero-order valence-corrected chi connectivity index (χ0v) is 16.0. The van der Waals surface area contributed by atoms with Crippen molar-refractivity contribution in [1.82, 2.24) is 10.3 Å². The lowest BCUT2D eigenvalue weighted by Crippen LogP contribution is -2.57. The topological polar surface area (TPSA) is 88.0 Å². The second kappa shape index (κ2) is 6.50. The number of hydrogen-bond donors (Lipinski definition) is 3. The third-order valence-electron chi connectivity index (χ3n) is 7.50. The zero-order valence-electron chi connectivity index (χ0n) is 16.0. The SMILES string of the molecule is NC(=O)C12CC3CC(C1)C(CNC(=O)c1ccc(-c4ccccc4)[nH]1)C(C3)C2. The molecule has 5 heteroatoms. The molecule has 146 valence electrons. The Morgan fingerprint density at radius 2 is 1.75 bits per heavy atom. The molecule has 0 radical (unpaired) electrons. The van der Waals surface area contributed by atoms with E-state index >= 15 is 0 Å². The molecular weight excluding hydrogens is 350 g/mol. The van der Waals surface area contributed by atoms with Crippen LogP contribution in [0.5, 0.6) is 0 Å². The van der Waals surface area contributed by atoms with Crippen LogP contribution in [-0.4, -0.2) is 23.3 Å². The third-order valence-corrected chi connectivity index (χ3v) is 7.50. The van der Waals surface area contributed by atoms with Crippen molar-refractivity contribution in [3.05, 3.63) is 48.2 Å². The fourth-order valence-corrected chi connectivity index (χ4v) is 6.38. The summed E-state index contributed by atoms with van der Waals surface area (Å²) < 4.78 is 0. The van der Waals surface area contributed by atoms with Crippen LogP contribution >= 0.6 is 0 Å². The van der Waals surface area contributed by atoms with Gasteiger partial charge < -0.3 is 16.0 Å². The normalized spacial score (nSPS) is 33.0. The summed E-state index contributed by atoms with van der Waals surface area (Å²) in [5.41, 5.74) is 8.12. The standard InChI is InChI=1S/C23H27N3O2/c24-22(28)23-10-14-8-16(11-23)18(17(9-14)12-23)13-25-21(27)20-7-6-19(26-20)15-4-2-1-3-5-15/h1-7,14,16-18,26H,8-13H2,(H2,24,28)(H,25,27). The first-order valence-corrected chi connectivity index (χ1v) is 10.4. The molecule has 4 fully saturated rings. The summed E-state index contributed by atoms with van der Waals surface area (Å²) in [6.45, 7) is 0.690. The number of benzene rings is 1. The van der Waals surface area contributed by atoms with E-state index in [0.29, 0.717) is 35.9 Å². The van der Waals surface area contributed by atoms with Gasteiger partial charge in [0.05, 0.1) is 0 Å². The van der Waals surface area contributed by atoms with Crippen molar-refractivity contribution in [2.45, 2.75) is 32.1 Å². The molecule has 28 heavy (non-hydrogen) atoms. The quantitative estimate of drug-likeness (QED) is 0.746. The van der Waals surface area contributed by atoms with E-state index in [9.17, 15) is 9.59 Å². The van der Waals surface area contributed by atoms with E-state index in [-0.39, 0.29) is 17.2 Å². The first kappa shape index (κ1) is 17.5. The molecule has 4 N–H and O–H groups in total. The largest absolute Gasteiger partial charge is 0.369 e. The average Bonchev–Trinajstić information content (AvgIpc) is 3.18. The van der Waals surface area contributed by atoms with Crippen LogP contribution in [0.15, 0.2) is 42.5 Å². The van der Waals surface area contributed by atoms with Gasteiger partial charge in [-0.3, -0.25) is 9.59 Å². The maximum atomic E-state index is 12.7. The maximum absolute atomic E-state index is 12.7. The number of aromatic nitrogens is 1. The predicted octanol–water partition coefficient (Wildman–Crippen LogP) is 3.34. The number of carbonyl (C=O) groups excluding carboxylic acids is 2. The molecule has 1 heterocycles. The first-order valence-electron chi connectivity index (χ1n) is 10.4. The Hall–Kier alpha value is -2.56. The minimum Gasteiger partial charge on any atom is -0.369 e. The average molecular weight is 377 g/mol. The first-order chi connectivity index (χ1) is 13.5. The molecule has 1 aromatic carbocycles. The van der Waals surface area contributed by atoms with E-state index < -0.39 is 0 Å².